The summed E-state index contributed by atoms with van der Waals surface area (Å²) in [6, 6.07) is 14.4. The van der Waals surface area contributed by atoms with Crippen molar-refractivity contribution >= 4 is 23.5 Å². The van der Waals surface area contributed by atoms with Crippen LogP contribution in [-0.4, -0.2) is 53.1 Å². The highest BCUT2D eigenvalue weighted by Crippen LogP contribution is 2.33. The summed E-state index contributed by atoms with van der Waals surface area (Å²) in [4.78, 5) is 39.8. The van der Waals surface area contributed by atoms with Gasteiger partial charge in [0, 0.05) is 19.5 Å². The molecule has 0 aliphatic carbocycles. The maximum absolute atomic E-state index is 13.1. The van der Waals surface area contributed by atoms with Crippen molar-refractivity contribution in [3.63, 3.8) is 0 Å². The van der Waals surface area contributed by atoms with Crippen molar-refractivity contribution in [1.82, 2.24) is 9.91 Å². The number of rotatable bonds is 6. The highest BCUT2D eigenvalue weighted by molar-refractivity contribution is 6.03. The molecule has 36 heavy (non-hydrogen) atoms. The number of nitrogens with zero attached hydrogens (tertiary/aromatic N) is 3. The summed E-state index contributed by atoms with van der Waals surface area (Å²) < 4.78 is 16.1. The lowest BCUT2D eigenvalue weighted by molar-refractivity contribution is -0.157. The molecule has 186 valence electrons. The van der Waals surface area contributed by atoms with E-state index in [9.17, 15) is 14.4 Å². The van der Waals surface area contributed by atoms with E-state index in [4.69, 9.17) is 13.6 Å². The van der Waals surface area contributed by atoms with Crippen LogP contribution in [0.3, 0.4) is 0 Å². The summed E-state index contributed by atoms with van der Waals surface area (Å²) in [7, 11) is 0. The standard InChI is InChI=1S/C27H27N3O6/c1-18-6-8-19(9-7-18)21-16-22(23-4-2-14-34-23)30(28-21)25(31)17-36-27(33)20-10-12-29(13-11-20)26(32)24-5-3-15-35-24/h2-9,14-15,20,22H,10-13,16-17H2,1H3. The molecule has 0 spiro atoms. The highest BCUT2D eigenvalue weighted by atomic mass is 16.5. The van der Waals surface area contributed by atoms with Crippen molar-refractivity contribution < 1.29 is 28.0 Å². The molecule has 5 rings (SSSR count). The summed E-state index contributed by atoms with van der Waals surface area (Å²) in [5.74, 6) is -0.521. The molecule has 9 nitrogen and oxygen atoms in total. The third-order valence-corrected chi connectivity index (χ3v) is 6.61. The molecule has 2 aliphatic heterocycles. The number of carbonyl (C=O) groups excluding carboxylic acids is 3. The van der Waals surface area contributed by atoms with Gasteiger partial charge in [0.1, 0.15) is 11.8 Å². The minimum atomic E-state index is -0.440. The summed E-state index contributed by atoms with van der Waals surface area (Å²) >= 11 is 0. The van der Waals surface area contributed by atoms with Crippen LogP contribution in [0, 0.1) is 12.8 Å². The fourth-order valence-electron chi connectivity index (χ4n) is 4.55. The maximum Gasteiger partial charge on any atom is 0.309 e. The van der Waals surface area contributed by atoms with Crippen molar-refractivity contribution in [3.05, 3.63) is 83.7 Å². The molecule has 1 saturated heterocycles. The first-order chi connectivity index (χ1) is 17.5. The number of esters is 1. The fourth-order valence-corrected chi connectivity index (χ4v) is 4.55. The van der Waals surface area contributed by atoms with Crippen LogP contribution in [-0.2, 0) is 14.3 Å². The van der Waals surface area contributed by atoms with E-state index in [2.05, 4.69) is 5.10 Å². The van der Waals surface area contributed by atoms with E-state index in [0.717, 1.165) is 16.8 Å². The Hall–Kier alpha value is -4.14. The second kappa shape index (κ2) is 10.2. The lowest BCUT2D eigenvalue weighted by atomic mass is 9.97. The van der Waals surface area contributed by atoms with Gasteiger partial charge in [-0.05, 0) is 49.6 Å². The molecular weight excluding hydrogens is 462 g/mol. The van der Waals surface area contributed by atoms with Gasteiger partial charge in [0.05, 0.1) is 24.2 Å². The maximum atomic E-state index is 13.1. The van der Waals surface area contributed by atoms with Gasteiger partial charge in [-0.25, -0.2) is 5.01 Å². The average Bonchev–Trinajstić information content (AvgIpc) is 3.68. The van der Waals surface area contributed by atoms with Gasteiger partial charge >= 0.3 is 5.97 Å². The summed E-state index contributed by atoms with van der Waals surface area (Å²) in [5.41, 5.74) is 2.83. The number of ether oxygens (including phenoxy) is 1. The summed E-state index contributed by atoms with van der Waals surface area (Å²) in [5, 5.41) is 5.92. The predicted octanol–water partition coefficient (Wildman–Crippen LogP) is 3.95. The average molecular weight is 490 g/mol. The predicted molar refractivity (Wildman–Crippen MR) is 129 cm³/mol. The van der Waals surface area contributed by atoms with E-state index in [1.807, 2.05) is 37.3 Å². The third kappa shape index (κ3) is 4.95. The van der Waals surface area contributed by atoms with Crippen LogP contribution in [0.2, 0.25) is 0 Å². The van der Waals surface area contributed by atoms with Crippen LogP contribution in [0.4, 0.5) is 0 Å². The van der Waals surface area contributed by atoms with Crippen molar-refractivity contribution in [3.8, 4) is 0 Å². The van der Waals surface area contributed by atoms with E-state index >= 15 is 0 Å². The first-order valence-corrected chi connectivity index (χ1v) is 12.0. The van der Waals surface area contributed by atoms with Crippen LogP contribution in [0.5, 0.6) is 0 Å². The fraction of sp³-hybridized carbons (Fsp3) is 0.333. The molecule has 0 bridgehead atoms. The monoisotopic (exact) mass is 489 g/mol. The number of hydrazone groups is 1. The molecule has 0 N–H and O–H groups in total. The van der Waals surface area contributed by atoms with Crippen molar-refractivity contribution in [1.29, 1.82) is 0 Å². The normalized spacial score (nSPS) is 18.2. The molecule has 3 aromatic rings. The second-order valence-electron chi connectivity index (χ2n) is 9.04. The molecule has 1 aromatic carbocycles. The van der Waals surface area contributed by atoms with E-state index in [1.165, 1.54) is 11.3 Å². The number of furan rings is 2. The van der Waals surface area contributed by atoms with Gasteiger partial charge in [0.2, 0.25) is 0 Å². The number of aryl methyl sites for hydroxylation is 1. The van der Waals surface area contributed by atoms with Gasteiger partial charge in [-0.2, -0.15) is 5.10 Å². The quantitative estimate of drug-likeness (QED) is 0.486. The Morgan fingerprint density at radius 3 is 2.39 bits per heavy atom. The van der Waals surface area contributed by atoms with Crippen molar-refractivity contribution in [2.75, 3.05) is 19.7 Å². The lowest BCUT2D eigenvalue weighted by Gasteiger charge is -2.30. The van der Waals surface area contributed by atoms with Crippen molar-refractivity contribution in [2.24, 2.45) is 11.0 Å². The number of piperidine rings is 1. The Labute approximate surface area is 208 Å². The molecule has 2 aromatic heterocycles. The Balaban J connectivity index is 1.19. The van der Waals surface area contributed by atoms with Crippen LogP contribution in [0.1, 0.15) is 52.7 Å². The molecule has 4 heterocycles. The Morgan fingerprint density at radius 1 is 1.00 bits per heavy atom. The van der Waals surface area contributed by atoms with Crippen LogP contribution in [0.15, 0.2) is 75.0 Å². The number of amides is 2. The second-order valence-corrected chi connectivity index (χ2v) is 9.04. The SMILES string of the molecule is Cc1ccc(C2=NN(C(=O)COC(=O)C3CCN(C(=O)c4ccco4)CC3)C(c3ccco3)C2)cc1. The zero-order chi connectivity index (χ0) is 25.1. The molecular formula is C27H27N3O6. The largest absolute Gasteiger partial charge is 0.467 e. The first-order valence-electron chi connectivity index (χ1n) is 12.0. The smallest absolute Gasteiger partial charge is 0.309 e. The van der Waals surface area contributed by atoms with E-state index in [1.54, 1.807) is 29.4 Å². The third-order valence-electron chi connectivity index (χ3n) is 6.61. The van der Waals surface area contributed by atoms with E-state index in [-0.39, 0.29) is 17.6 Å². The molecule has 1 atom stereocenters. The molecule has 0 radical (unpaired) electrons. The number of likely N-dealkylation sites (tertiary alicyclic amines) is 1. The molecule has 0 saturated carbocycles. The van der Waals surface area contributed by atoms with Crippen LogP contribution >= 0.6 is 0 Å². The summed E-state index contributed by atoms with van der Waals surface area (Å²) in [6.45, 7) is 2.44. The number of hydrogen-bond donors (Lipinski definition) is 0. The molecule has 9 heteroatoms. The van der Waals surface area contributed by atoms with Gasteiger partial charge in [-0.15, -0.1) is 0 Å². The van der Waals surface area contributed by atoms with Gasteiger partial charge in [-0.3, -0.25) is 14.4 Å². The minimum absolute atomic E-state index is 0.192. The highest BCUT2D eigenvalue weighted by Gasteiger charge is 2.36. The van der Waals surface area contributed by atoms with Crippen LogP contribution < -0.4 is 0 Å². The van der Waals surface area contributed by atoms with Crippen molar-refractivity contribution in [2.45, 2.75) is 32.2 Å². The summed E-state index contributed by atoms with van der Waals surface area (Å²) in [6.07, 6.45) is 4.45. The topological polar surface area (TPSA) is 106 Å². The van der Waals surface area contributed by atoms with Gasteiger partial charge in [0.25, 0.3) is 11.8 Å². The lowest BCUT2D eigenvalue weighted by Crippen LogP contribution is -2.41. The molecule has 2 aliphatic rings. The van der Waals surface area contributed by atoms with Gasteiger partial charge in [0.15, 0.2) is 12.4 Å². The van der Waals surface area contributed by atoms with E-state index < -0.39 is 24.5 Å². The van der Waals surface area contributed by atoms with Crippen LogP contribution in [0.25, 0.3) is 0 Å². The Morgan fingerprint density at radius 2 is 1.72 bits per heavy atom. The molecule has 1 unspecified atom stereocenters. The van der Waals surface area contributed by atoms with E-state index in [0.29, 0.717) is 38.1 Å². The zero-order valence-electron chi connectivity index (χ0n) is 20.0. The van der Waals surface area contributed by atoms with Gasteiger partial charge < -0.3 is 18.5 Å². The number of carbonyl (C=O) groups is 3. The molecule has 1 fully saturated rings. The van der Waals surface area contributed by atoms with Gasteiger partial charge in [-0.1, -0.05) is 29.8 Å². The first kappa shape index (κ1) is 23.6. The zero-order valence-corrected chi connectivity index (χ0v) is 20.0. The Bertz CT molecular complexity index is 1240. The number of benzene rings is 1. The molecule has 2 amide bonds. The number of hydrogen-bond acceptors (Lipinski definition) is 7. The minimum Gasteiger partial charge on any atom is -0.467 e. The Kier molecular flexibility index (Phi) is 6.71.